The van der Waals surface area contributed by atoms with E-state index < -0.39 is 23.7 Å². The largest absolute Gasteiger partial charge is 0.416 e. The van der Waals surface area contributed by atoms with Gasteiger partial charge in [-0.3, -0.25) is 15.0 Å². The molecule has 1 aliphatic heterocycles. The fraction of sp³-hybridized carbons (Fsp3) is 0.250. The lowest BCUT2D eigenvalue weighted by atomic mass is 10.0. The standard InChI is InChI=1S/C16H15F3N6O2/c17-16(18,19)10-3-5-21-12(6-10)13(11-2-1-4-20-11)24-15-22-7-9(8-23-15)14(26)25-27/h1,3-8,11,13,20,27H,2H2,(H,25,26)(H,22,23,24). The van der Waals surface area contributed by atoms with Gasteiger partial charge >= 0.3 is 6.18 Å². The third-order valence-corrected chi connectivity index (χ3v) is 3.95. The van der Waals surface area contributed by atoms with E-state index in [0.29, 0.717) is 6.42 Å². The number of anilines is 1. The highest BCUT2D eigenvalue weighted by molar-refractivity contribution is 5.92. The van der Waals surface area contributed by atoms with Crippen LogP contribution in [-0.2, 0) is 6.18 Å². The summed E-state index contributed by atoms with van der Waals surface area (Å²) in [6, 6.07) is 0.968. The molecule has 142 valence electrons. The Morgan fingerprint density at radius 2 is 2.04 bits per heavy atom. The number of alkyl halides is 3. The molecule has 1 amide bonds. The lowest BCUT2D eigenvalue weighted by Crippen LogP contribution is -2.34. The first-order valence-corrected chi connectivity index (χ1v) is 7.85. The molecule has 0 bridgehead atoms. The van der Waals surface area contributed by atoms with E-state index in [-0.39, 0.29) is 23.2 Å². The van der Waals surface area contributed by atoms with Gasteiger partial charge in [-0.1, -0.05) is 6.08 Å². The minimum Gasteiger partial charge on any atom is -0.386 e. The molecule has 2 unspecified atom stereocenters. The van der Waals surface area contributed by atoms with Crippen molar-refractivity contribution in [3.05, 3.63) is 59.8 Å². The molecule has 0 radical (unpaired) electrons. The van der Waals surface area contributed by atoms with Crippen molar-refractivity contribution in [2.24, 2.45) is 0 Å². The maximum Gasteiger partial charge on any atom is 0.416 e. The number of carbonyl (C=O) groups is 1. The smallest absolute Gasteiger partial charge is 0.386 e. The summed E-state index contributed by atoms with van der Waals surface area (Å²) >= 11 is 0. The van der Waals surface area contributed by atoms with Crippen LogP contribution in [-0.4, -0.2) is 32.1 Å². The number of rotatable bonds is 5. The van der Waals surface area contributed by atoms with Crippen LogP contribution in [0.4, 0.5) is 19.1 Å². The van der Waals surface area contributed by atoms with Gasteiger partial charge < -0.3 is 10.6 Å². The highest BCUT2D eigenvalue weighted by Gasteiger charge is 2.33. The normalized spacial score (nSPS) is 17.3. The number of pyridine rings is 1. The second-order valence-corrected chi connectivity index (χ2v) is 5.74. The van der Waals surface area contributed by atoms with Crippen molar-refractivity contribution in [3.8, 4) is 0 Å². The minimum absolute atomic E-state index is 0.0254. The summed E-state index contributed by atoms with van der Waals surface area (Å²) in [7, 11) is 0. The fourth-order valence-electron chi connectivity index (χ4n) is 2.61. The van der Waals surface area contributed by atoms with Crippen LogP contribution in [0.3, 0.4) is 0 Å². The maximum absolute atomic E-state index is 13.0. The molecule has 3 rings (SSSR count). The average Bonchev–Trinajstić information content (AvgIpc) is 3.20. The van der Waals surface area contributed by atoms with Gasteiger partial charge in [0.25, 0.3) is 5.91 Å². The van der Waals surface area contributed by atoms with Crippen LogP contribution in [0.15, 0.2) is 43.0 Å². The second kappa shape index (κ2) is 7.58. The average molecular weight is 380 g/mol. The third-order valence-electron chi connectivity index (χ3n) is 3.95. The molecule has 2 atom stereocenters. The van der Waals surface area contributed by atoms with E-state index in [2.05, 4.69) is 25.6 Å². The van der Waals surface area contributed by atoms with Crippen molar-refractivity contribution in [1.29, 1.82) is 0 Å². The number of nitrogens with one attached hydrogen (secondary N) is 3. The van der Waals surface area contributed by atoms with Crippen LogP contribution in [0, 0.1) is 0 Å². The number of carbonyl (C=O) groups excluding carboxylic acids is 1. The molecule has 0 fully saturated rings. The van der Waals surface area contributed by atoms with Crippen molar-refractivity contribution in [1.82, 2.24) is 25.7 Å². The molecule has 0 saturated carbocycles. The Hall–Kier alpha value is -3.21. The number of hydrogen-bond donors (Lipinski definition) is 4. The Bertz CT molecular complexity index is 833. The van der Waals surface area contributed by atoms with E-state index in [1.807, 2.05) is 6.08 Å². The highest BCUT2D eigenvalue weighted by atomic mass is 19.4. The first kappa shape index (κ1) is 18.6. The van der Waals surface area contributed by atoms with Gasteiger partial charge in [-0.25, -0.2) is 15.4 Å². The molecule has 3 heterocycles. The van der Waals surface area contributed by atoms with Gasteiger partial charge in [-0.2, -0.15) is 13.2 Å². The van der Waals surface area contributed by atoms with Crippen LogP contribution in [0.25, 0.3) is 0 Å². The van der Waals surface area contributed by atoms with Crippen LogP contribution < -0.4 is 16.1 Å². The summed E-state index contributed by atoms with van der Waals surface area (Å²) in [5, 5.41) is 14.6. The van der Waals surface area contributed by atoms with E-state index in [9.17, 15) is 18.0 Å². The van der Waals surface area contributed by atoms with Crippen LogP contribution in [0.5, 0.6) is 0 Å². The lowest BCUT2D eigenvalue weighted by molar-refractivity contribution is -0.137. The Balaban J connectivity index is 1.87. The number of hydroxylamine groups is 1. The highest BCUT2D eigenvalue weighted by Crippen LogP contribution is 2.32. The predicted octanol–water partition coefficient (Wildman–Crippen LogP) is 2.04. The lowest BCUT2D eigenvalue weighted by Gasteiger charge is -2.25. The number of hydrogen-bond acceptors (Lipinski definition) is 7. The second-order valence-electron chi connectivity index (χ2n) is 5.74. The molecule has 27 heavy (non-hydrogen) atoms. The minimum atomic E-state index is -4.49. The van der Waals surface area contributed by atoms with Crippen LogP contribution in [0.2, 0.25) is 0 Å². The van der Waals surface area contributed by atoms with E-state index in [1.165, 1.54) is 17.9 Å². The molecular weight excluding hydrogens is 365 g/mol. The number of aromatic nitrogens is 3. The van der Waals surface area contributed by atoms with E-state index in [1.54, 1.807) is 6.20 Å². The molecule has 0 spiro atoms. The number of nitrogens with zero attached hydrogens (tertiary/aromatic N) is 3. The zero-order chi connectivity index (χ0) is 19.4. The van der Waals surface area contributed by atoms with Crippen molar-refractivity contribution >= 4 is 11.9 Å². The molecular formula is C16H15F3N6O2. The molecule has 1 aliphatic rings. The molecule has 0 aromatic carbocycles. The molecule has 2 aromatic rings. The molecule has 0 aliphatic carbocycles. The number of amides is 1. The molecule has 11 heteroatoms. The van der Waals surface area contributed by atoms with Crippen molar-refractivity contribution in [2.75, 3.05) is 5.32 Å². The summed E-state index contributed by atoms with van der Waals surface area (Å²) in [5.41, 5.74) is 0.852. The van der Waals surface area contributed by atoms with Gasteiger partial charge in [0.2, 0.25) is 5.95 Å². The predicted molar refractivity (Wildman–Crippen MR) is 87.6 cm³/mol. The molecule has 2 aromatic heterocycles. The topological polar surface area (TPSA) is 112 Å². The van der Waals surface area contributed by atoms with Gasteiger partial charge in [0.05, 0.1) is 28.9 Å². The van der Waals surface area contributed by atoms with Gasteiger partial charge in [0.15, 0.2) is 0 Å². The summed E-state index contributed by atoms with van der Waals surface area (Å²) in [5.74, 6) is -0.679. The maximum atomic E-state index is 13.0. The van der Waals surface area contributed by atoms with Crippen molar-refractivity contribution in [2.45, 2.75) is 24.7 Å². The summed E-state index contributed by atoms with van der Waals surface area (Å²) in [4.78, 5) is 23.3. The zero-order valence-electron chi connectivity index (χ0n) is 13.7. The van der Waals surface area contributed by atoms with Crippen molar-refractivity contribution < 1.29 is 23.2 Å². The SMILES string of the molecule is O=C(NO)c1cnc(NC(c2cc(C(F)(F)F)ccn2)C2CC=CN2)nc1. The van der Waals surface area contributed by atoms with Gasteiger partial charge in [-0.05, 0) is 24.8 Å². The van der Waals surface area contributed by atoms with E-state index >= 15 is 0 Å². The first-order valence-electron chi connectivity index (χ1n) is 7.85. The van der Waals surface area contributed by atoms with Gasteiger partial charge in [0, 0.05) is 18.6 Å². The Kier molecular flexibility index (Phi) is 5.21. The van der Waals surface area contributed by atoms with Crippen LogP contribution >= 0.6 is 0 Å². The Morgan fingerprint density at radius 3 is 2.63 bits per heavy atom. The summed E-state index contributed by atoms with van der Waals surface area (Å²) in [6.45, 7) is 0. The van der Waals surface area contributed by atoms with Gasteiger partial charge in [-0.15, -0.1) is 0 Å². The van der Waals surface area contributed by atoms with E-state index in [4.69, 9.17) is 5.21 Å². The first-order chi connectivity index (χ1) is 12.9. The van der Waals surface area contributed by atoms with Crippen molar-refractivity contribution in [3.63, 3.8) is 0 Å². The third kappa shape index (κ3) is 4.31. The molecule has 8 nitrogen and oxygen atoms in total. The van der Waals surface area contributed by atoms with E-state index in [0.717, 1.165) is 18.3 Å². The van der Waals surface area contributed by atoms with Gasteiger partial charge in [0.1, 0.15) is 0 Å². The van der Waals surface area contributed by atoms with Crippen LogP contribution in [0.1, 0.15) is 34.1 Å². The fourth-order valence-corrected chi connectivity index (χ4v) is 2.61. The quantitative estimate of drug-likeness (QED) is 0.464. The molecule has 4 N–H and O–H groups in total. The monoisotopic (exact) mass is 380 g/mol. The zero-order valence-corrected chi connectivity index (χ0v) is 13.7. The number of halogens is 3. The Labute approximate surface area is 151 Å². The summed E-state index contributed by atoms with van der Waals surface area (Å²) in [6.07, 6.45) is 3.10. The molecule has 0 saturated heterocycles. The summed E-state index contributed by atoms with van der Waals surface area (Å²) < 4.78 is 39.1. The Morgan fingerprint density at radius 1 is 1.30 bits per heavy atom.